The number of nitrogens with zero attached hydrogens (tertiary/aromatic N) is 1. The van der Waals surface area contributed by atoms with Crippen molar-refractivity contribution in [2.75, 3.05) is 26.2 Å². The maximum Gasteiger partial charge on any atom is 0.0674 e. The van der Waals surface area contributed by atoms with Gasteiger partial charge in [0.1, 0.15) is 0 Å². The first-order valence-corrected chi connectivity index (χ1v) is 8.60. The largest absolute Gasteiger partial charge is 0.376 e. The number of hydrogen-bond donors (Lipinski definition) is 1. The summed E-state index contributed by atoms with van der Waals surface area (Å²) in [4.78, 5) is 2.68. The van der Waals surface area contributed by atoms with Gasteiger partial charge >= 0.3 is 0 Å². The third kappa shape index (κ3) is 4.44. The van der Waals surface area contributed by atoms with E-state index in [0.717, 1.165) is 13.2 Å². The Morgan fingerprint density at radius 2 is 1.90 bits per heavy atom. The van der Waals surface area contributed by atoms with Gasteiger partial charge in [0, 0.05) is 31.7 Å². The van der Waals surface area contributed by atoms with Gasteiger partial charge in [0.25, 0.3) is 0 Å². The van der Waals surface area contributed by atoms with Crippen molar-refractivity contribution >= 4 is 0 Å². The molecule has 1 aliphatic heterocycles. The van der Waals surface area contributed by atoms with Crippen molar-refractivity contribution in [1.82, 2.24) is 10.2 Å². The Hall–Kier alpha value is -0.120. The van der Waals surface area contributed by atoms with Gasteiger partial charge in [-0.15, -0.1) is 0 Å². The average Bonchev–Trinajstić information content (AvgIpc) is 2.42. The molecule has 2 unspecified atom stereocenters. The molecule has 20 heavy (non-hydrogen) atoms. The molecule has 0 aromatic rings. The van der Waals surface area contributed by atoms with E-state index in [1.54, 1.807) is 0 Å². The van der Waals surface area contributed by atoms with Crippen molar-refractivity contribution in [1.29, 1.82) is 0 Å². The fourth-order valence-corrected chi connectivity index (χ4v) is 3.74. The van der Waals surface area contributed by atoms with Gasteiger partial charge in [0.05, 0.1) is 12.7 Å². The molecule has 1 saturated heterocycles. The molecule has 2 rings (SSSR count). The monoisotopic (exact) mass is 282 g/mol. The molecule has 3 heteroatoms. The van der Waals surface area contributed by atoms with Crippen LogP contribution in [0.5, 0.6) is 0 Å². The van der Waals surface area contributed by atoms with Crippen LogP contribution in [0.3, 0.4) is 0 Å². The van der Waals surface area contributed by atoms with Gasteiger partial charge in [-0.25, -0.2) is 0 Å². The molecule has 2 aliphatic rings. The summed E-state index contributed by atoms with van der Waals surface area (Å²) in [5.74, 6) is 0. The standard InChI is InChI=1S/C17H34N2O/c1-14(2)18-12-17(8-6-5-7-9-17)13-19-10-16(4)20-11-15(19)3/h14-16,18H,5-13H2,1-4H3. The predicted molar refractivity (Wildman–Crippen MR) is 85.1 cm³/mol. The van der Waals surface area contributed by atoms with Crippen molar-refractivity contribution in [3.8, 4) is 0 Å². The van der Waals surface area contributed by atoms with Gasteiger partial charge < -0.3 is 10.1 Å². The number of hydrogen-bond acceptors (Lipinski definition) is 3. The summed E-state index contributed by atoms with van der Waals surface area (Å²) in [7, 11) is 0. The van der Waals surface area contributed by atoms with Crippen LogP contribution in [0.15, 0.2) is 0 Å². The van der Waals surface area contributed by atoms with Crippen LogP contribution in [0.4, 0.5) is 0 Å². The van der Waals surface area contributed by atoms with Crippen LogP contribution >= 0.6 is 0 Å². The summed E-state index contributed by atoms with van der Waals surface area (Å²) in [5, 5.41) is 3.71. The van der Waals surface area contributed by atoms with E-state index in [9.17, 15) is 0 Å². The third-order valence-electron chi connectivity index (χ3n) is 5.07. The Labute approximate surface area is 125 Å². The third-order valence-corrected chi connectivity index (χ3v) is 5.07. The van der Waals surface area contributed by atoms with Crippen LogP contribution in [0.2, 0.25) is 0 Å². The topological polar surface area (TPSA) is 24.5 Å². The lowest BCUT2D eigenvalue weighted by atomic mass is 9.73. The molecule has 1 N–H and O–H groups in total. The molecule has 3 nitrogen and oxygen atoms in total. The van der Waals surface area contributed by atoms with Gasteiger partial charge in [-0.1, -0.05) is 33.1 Å². The minimum atomic E-state index is 0.393. The molecule has 1 heterocycles. The maximum atomic E-state index is 5.78. The summed E-state index contributed by atoms with van der Waals surface area (Å²) in [6.45, 7) is 13.5. The Balaban J connectivity index is 1.98. The average molecular weight is 282 g/mol. The molecule has 0 aromatic carbocycles. The highest BCUT2D eigenvalue weighted by molar-refractivity contribution is 4.90. The van der Waals surface area contributed by atoms with Crippen molar-refractivity contribution in [3.05, 3.63) is 0 Å². The first kappa shape index (κ1) is 16.3. The zero-order valence-corrected chi connectivity index (χ0v) is 14.0. The van der Waals surface area contributed by atoms with Crippen LogP contribution in [0.1, 0.15) is 59.8 Å². The van der Waals surface area contributed by atoms with Crippen molar-refractivity contribution < 1.29 is 4.74 Å². The number of nitrogens with one attached hydrogen (secondary N) is 1. The van der Waals surface area contributed by atoms with Gasteiger partial charge in [-0.2, -0.15) is 0 Å². The van der Waals surface area contributed by atoms with Gasteiger partial charge in [-0.3, -0.25) is 4.90 Å². The molecular weight excluding hydrogens is 248 g/mol. The Morgan fingerprint density at radius 1 is 1.20 bits per heavy atom. The molecular formula is C17H34N2O. The van der Waals surface area contributed by atoms with Crippen LogP contribution in [0, 0.1) is 5.41 Å². The highest BCUT2D eigenvalue weighted by Crippen LogP contribution is 2.37. The van der Waals surface area contributed by atoms with Crippen molar-refractivity contribution in [3.63, 3.8) is 0 Å². The lowest BCUT2D eigenvalue weighted by Gasteiger charge is -2.46. The smallest absolute Gasteiger partial charge is 0.0674 e. The molecule has 0 spiro atoms. The second kappa shape index (κ2) is 7.24. The van der Waals surface area contributed by atoms with E-state index >= 15 is 0 Å². The Kier molecular flexibility index (Phi) is 5.88. The molecule has 2 atom stereocenters. The second-order valence-electron chi connectivity index (χ2n) is 7.52. The first-order valence-electron chi connectivity index (χ1n) is 8.60. The Bertz CT molecular complexity index is 287. The molecule has 0 amide bonds. The summed E-state index contributed by atoms with van der Waals surface area (Å²) in [5.41, 5.74) is 0.494. The fourth-order valence-electron chi connectivity index (χ4n) is 3.74. The van der Waals surface area contributed by atoms with Gasteiger partial charge in [-0.05, 0) is 32.1 Å². The Morgan fingerprint density at radius 3 is 2.55 bits per heavy atom. The van der Waals surface area contributed by atoms with E-state index in [4.69, 9.17) is 4.74 Å². The summed E-state index contributed by atoms with van der Waals surface area (Å²) in [6, 6.07) is 1.17. The van der Waals surface area contributed by atoms with Crippen LogP contribution < -0.4 is 5.32 Å². The summed E-state index contributed by atoms with van der Waals surface area (Å²) >= 11 is 0. The van der Waals surface area contributed by atoms with E-state index < -0.39 is 0 Å². The lowest BCUT2D eigenvalue weighted by Crippen LogP contribution is -2.54. The zero-order chi connectivity index (χ0) is 14.6. The van der Waals surface area contributed by atoms with E-state index in [1.165, 1.54) is 45.2 Å². The van der Waals surface area contributed by atoms with Crippen molar-refractivity contribution in [2.45, 2.75) is 78.0 Å². The molecule has 0 bridgehead atoms. The minimum Gasteiger partial charge on any atom is -0.376 e. The molecule has 2 fully saturated rings. The fraction of sp³-hybridized carbons (Fsp3) is 1.00. The van der Waals surface area contributed by atoms with Crippen molar-refractivity contribution in [2.24, 2.45) is 5.41 Å². The highest BCUT2D eigenvalue weighted by Gasteiger charge is 2.36. The normalized spacial score (nSPS) is 31.6. The zero-order valence-electron chi connectivity index (χ0n) is 14.0. The van der Waals surface area contributed by atoms with Gasteiger partial charge in [0.15, 0.2) is 0 Å². The van der Waals surface area contributed by atoms with E-state index in [-0.39, 0.29) is 0 Å². The number of morpholine rings is 1. The molecule has 118 valence electrons. The number of rotatable bonds is 5. The molecule has 1 aliphatic carbocycles. The number of ether oxygens (including phenoxy) is 1. The first-order chi connectivity index (χ1) is 9.51. The highest BCUT2D eigenvalue weighted by atomic mass is 16.5. The van der Waals surface area contributed by atoms with Crippen LogP contribution in [-0.2, 0) is 4.74 Å². The maximum absolute atomic E-state index is 5.78. The van der Waals surface area contributed by atoms with Gasteiger partial charge in [0.2, 0.25) is 0 Å². The lowest BCUT2D eigenvalue weighted by molar-refractivity contribution is -0.0670. The molecule has 0 aromatic heterocycles. The van der Waals surface area contributed by atoms with E-state index in [0.29, 0.717) is 23.6 Å². The van der Waals surface area contributed by atoms with Crippen LogP contribution in [-0.4, -0.2) is 49.3 Å². The molecule has 1 saturated carbocycles. The van der Waals surface area contributed by atoms with E-state index in [1.807, 2.05) is 0 Å². The predicted octanol–water partition coefficient (Wildman–Crippen LogP) is 3.04. The summed E-state index contributed by atoms with van der Waals surface area (Å²) in [6.07, 6.45) is 7.43. The van der Waals surface area contributed by atoms with Crippen LogP contribution in [0.25, 0.3) is 0 Å². The summed E-state index contributed by atoms with van der Waals surface area (Å²) < 4.78 is 5.78. The molecule has 0 radical (unpaired) electrons. The second-order valence-corrected chi connectivity index (χ2v) is 7.52. The SMILES string of the molecule is CC(C)NCC1(CN2CC(C)OCC2C)CCCCC1. The van der Waals surface area contributed by atoms with E-state index in [2.05, 4.69) is 37.9 Å². The quantitative estimate of drug-likeness (QED) is 0.839. The minimum absolute atomic E-state index is 0.393.